The molecule has 0 bridgehead atoms. The molecule has 0 aliphatic heterocycles. The van der Waals surface area contributed by atoms with Crippen LogP contribution in [0.1, 0.15) is 20.8 Å². The summed E-state index contributed by atoms with van der Waals surface area (Å²) in [6, 6.07) is 0. The van der Waals surface area contributed by atoms with Crippen molar-refractivity contribution < 1.29 is 41.9 Å². The van der Waals surface area contributed by atoms with E-state index in [2.05, 4.69) is 26.0 Å². The summed E-state index contributed by atoms with van der Waals surface area (Å²) in [5.74, 6) is 0.310. The van der Waals surface area contributed by atoms with Gasteiger partial charge in [0.05, 0.1) is 0 Å². The fourth-order valence-corrected chi connectivity index (χ4v) is 1.30. The van der Waals surface area contributed by atoms with Crippen LogP contribution in [0.4, 0.5) is 0 Å². The van der Waals surface area contributed by atoms with Gasteiger partial charge in [-0.15, -0.1) is 0 Å². The van der Waals surface area contributed by atoms with Gasteiger partial charge in [0, 0.05) is 11.6 Å². The summed E-state index contributed by atoms with van der Waals surface area (Å²) >= 11 is 0. The molecule has 1 rings (SSSR count). The van der Waals surface area contributed by atoms with Crippen LogP contribution in [-0.2, 0) is 17.1 Å². The van der Waals surface area contributed by atoms with Gasteiger partial charge in [-0.25, -0.2) is 0 Å². The average Bonchev–Trinajstić information content (AvgIpc) is 1.82. The van der Waals surface area contributed by atoms with Crippen LogP contribution >= 0.6 is 0 Å². The first-order valence-corrected chi connectivity index (χ1v) is 3.57. The molecule has 0 saturated heterocycles. The Balaban J connectivity index is -0.000000333. The zero-order valence-corrected chi connectivity index (χ0v) is 10.5. The smallest absolute Gasteiger partial charge is 1.00 e. The Morgan fingerprint density at radius 2 is 1.69 bits per heavy atom. The first kappa shape index (κ1) is 18.9. The standard InChI is InChI=1S/C9H13N.2ClH.Fe/c1-6-4-7(2)9(10)8(3)5-6;;;/h4-5,7,10H,1-3H3;2*1H;/q;;;+2/p-2. The van der Waals surface area contributed by atoms with Crippen molar-refractivity contribution in [3.63, 3.8) is 0 Å². The summed E-state index contributed by atoms with van der Waals surface area (Å²) in [5, 5.41) is 7.58. The molecule has 0 aromatic rings. The van der Waals surface area contributed by atoms with Gasteiger partial charge in [0.2, 0.25) is 0 Å². The molecule has 0 saturated carbocycles. The van der Waals surface area contributed by atoms with E-state index >= 15 is 0 Å². The molecule has 0 aromatic carbocycles. The maximum atomic E-state index is 7.58. The number of hydrogen-bond donors (Lipinski definition) is 1. The number of halogens is 2. The van der Waals surface area contributed by atoms with Crippen molar-refractivity contribution in [3.8, 4) is 0 Å². The first-order chi connectivity index (χ1) is 4.61. The molecular formula is C9H13Cl2FeN. The van der Waals surface area contributed by atoms with E-state index in [9.17, 15) is 0 Å². The fourth-order valence-electron chi connectivity index (χ4n) is 1.30. The van der Waals surface area contributed by atoms with Gasteiger partial charge < -0.3 is 30.2 Å². The molecule has 0 heterocycles. The number of rotatable bonds is 0. The fraction of sp³-hybridized carbons (Fsp3) is 0.444. The molecule has 4 heteroatoms. The third kappa shape index (κ3) is 4.87. The molecule has 1 aliphatic carbocycles. The van der Waals surface area contributed by atoms with Crippen LogP contribution < -0.4 is 24.8 Å². The average molecular weight is 262 g/mol. The monoisotopic (exact) mass is 261 g/mol. The molecule has 0 aromatic heterocycles. The second-order valence-electron chi connectivity index (χ2n) is 2.94. The second-order valence-corrected chi connectivity index (χ2v) is 2.94. The summed E-state index contributed by atoms with van der Waals surface area (Å²) < 4.78 is 0. The SMILES string of the molecule is CC1=CC(C)C(=N)C(C)=C1.[Cl-].[Cl-].[Fe+2]. The van der Waals surface area contributed by atoms with Gasteiger partial charge in [0.15, 0.2) is 0 Å². The molecule has 0 spiro atoms. The van der Waals surface area contributed by atoms with Crippen LogP contribution in [0.2, 0.25) is 0 Å². The molecule has 1 unspecified atom stereocenters. The van der Waals surface area contributed by atoms with Crippen molar-refractivity contribution in [1.82, 2.24) is 0 Å². The molecule has 1 N–H and O–H groups in total. The molecule has 1 atom stereocenters. The van der Waals surface area contributed by atoms with Gasteiger partial charge in [0.25, 0.3) is 0 Å². The minimum atomic E-state index is 0. The molecular weight excluding hydrogens is 249 g/mol. The van der Waals surface area contributed by atoms with Crippen LogP contribution in [0.5, 0.6) is 0 Å². The van der Waals surface area contributed by atoms with Gasteiger partial charge in [-0.3, -0.25) is 0 Å². The second kappa shape index (κ2) is 7.63. The minimum Gasteiger partial charge on any atom is -1.00 e. The Bertz CT molecular complexity index is 234. The Labute approximate surface area is 103 Å². The first-order valence-electron chi connectivity index (χ1n) is 3.57. The van der Waals surface area contributed by atoms with E-state index in [1.165, 1.54) is 5.57 Å². The Hall–Kier alpha value is 0.249. The van der Waals surface area contributed by atoms with Crippen molar-refractivity contribution in [3.05, 3.63) is 23.3 Å². The Morgan fingerprint density at radius 3 is 2.08 bits per heavy atom. The van der Waals surface area contributed by atoms with Gasteiger partial charge in [-0.2, -0.15) is 0 Å². The van der Waals surface area contributed by atoms with E-state index in [1.54, 1.807) is 0 Å². The summed E-state index contributed by atoms with van der Waals surface area (Å²) in [5.41, 5.74) is 3.14. The number of nitrogens with one attached hydrogen (secondary N) is 1. The van der Waals surface area contributed by atoms with E-state index in [0.717, 1.165) is 11.3 Å². The summed E-state index contributed by atoms with van der Waals surface area (Å²) in [4.78, 5) is 0. The zero-order valence-electron chi connectivity index (χ0n) is 7.84. The van der Waals surface area contributed by atoms with Crippen LogP contribution in [0.25, 0.3) is 0 Å². The van der Waals surface area contributed by atoms with Crippen LogP contribution in [0, 0.1) is 11.3 Å². The van der Waals surface area contributed by atoms with E-state index in [-0.39, 0.29) is 41.9 Å². The van der Waals surface area contributed by atoms with Crippen molar-refractivity contribution >= 4 is 5.71 Å². The summed E-state index contributed by atoms with van der Waals surface area (Å²) in [7, 11) is 0. The normalized spacial score (nSPS) is 19.9. The van der Waals surface area contributed by atoms with Crippen molar-refractivity contribution in [1.29, 1.82) is 5.41 Å². The predicted octanol–water partition coefficient (Wildman–Crippen LogP) is -3.45. The molecule has 1 nitrogen and oxygen atoms in total. The van der Waals surface area contributed by atoms with E-state index < -0.39 is 0 Å². The maximum Gasteiger partial charge on any atom is 2.00 e. The summed E-state index contributed by atoms with van der Waals surface area (Å²) in [6.45, 7) is 6.13. The number of hydrogen-bond acceptors (Lipinski definition) is 1. The van der Waals surface area contributed by atoms with Gasteiger partial charge in [0.1, 0.15) is 0 Å². The molecule has 0 radical (unpaired) electrons. The van der Waals surface area contributed by atoms with E-state index in [4.69, 9.17) is 5.41 Å². The molecule has 13 heavy (non-hydrogen) atoms. The Kier molecular flexibility index (Phi) is 11.1. The minimum absolute atomic E-state index is 0. The van der Waals surface area contributed by atoms with Crippen LogP contribution in [-0.4, -0.2) is 5.71 Å². The quantitative estimate of drug-likeness (QED) is 0.439. The largest absolute Gasteiger partial charge is 2.00 e. The van der Waals surface area contributed by atoms with Gasteiger partial charge >= 0.3 is 17.1 Å². The van der Waals surface area contributed by atoms with E-state index in [1.807, 2.05) is 6.92 Å². The van der Waals surface area contributed by atoms with Crippen molar-refractivity contribution in [2.45, 2.75) is 20.8 Å². The van der Waals surface area contributed by atoms with Gasteiger partial charge in [-0.05, 0) is 19.4 Å². The third-order valence-electron chi connectivity index (χ3n) is 1.84. The maximum absolute atomic E-state index is 7.58. The predicted molar refractivity (Wildman–Crippen MR) is 44.4 cm³/mol. The number of allylic oxidation sites excluding steroid dienone is 4. The third-order valence-corrected chi connectivity index (χ3v) is 1.84. The molecule has 76 valence electrons. The molecule has 0 fully saturated rings. The molecule has 0 amide bonds. The van der Waals surface area contributed by atoms with Crippen molar-refractivity contribution in [2.75, 3.05) is 0 Å². The van der Waals surface area contributed by atoms with Gasteiger partial charge in [-0.1, -0.05) is 24.6 Å². The van der Waals surface area contributed by atoms with Crippen LogP contribution in [0.3, 0.4) is 0 Å². The topological polar surface area (TPSA) is 23.9 Å². The van der Waals surface area contributed by atoms with Crippen molar-refractivity contribution in [2.24, 2.45) is 5.92 Å². The summed E-state index contributed by atoms with van der Waals surface area (Å²) in [6.07, 6.45) is 4.18. The zero-order chi connectivity index (χ0) is 7.72. The van der Waals surface area contributed by atoms with Crippen LogP contribution in [0.15, 0.2) is 23.3 Å². The molecule has 1 aliphatic rings. The Morgan fingerprint density at radius 1 is 1.23 bits per heavy atom. The van der Waals surface area contributed by atoms with E-state index in [0.29, 0.717) is 5.92 Å².